The molecule has 0 amide bonds. The Bertz CT molecular complexity index is 819. The van der Waals surface area contributed by atoms with E-state index in [2.05, 4.69) is 45.2 Å². The fourth-order valence-corrected chi connectivity index (χ4v) is 2.90. The van der Waals surface area contributed by atoms with E-state index in [1.165, 1.54) is 0 Å². The Labute approximate surface area is 144 Å². The van der Waals surface area contributed by atoms with Gasteiger partial charge in [0.25, 0.3) is 0 Å². The van der Waals surface area contributed by atoms with E-state index < -0.39 is 0 Å². The fourth-order valence-electron chi connectivity index (χ4n) is 2.57. The van der Waals surface area contributed by atoms with Gasteiger partial charge in [-0.3, -0.25) is 4.90 Å². The highest BCUT2D eigenvalue weighted by molar-refractivity contribution is 7.99. The van der Waals surface area contributed by atoms with E-state index in [-0.39, 0.29) is 4.58 Å². The van der Waals surface area contributed by atoms with E-state index in [9.17, 15) is 0 Å². The predicted octanol–water partition coefficient (Wildman–Crippen LogP) is 3.76. The van der Waals surface area contributed by atoms with Crippen LogP contribution in [0.3, 0.4) is 0 Å². The standard InChI is InChI=1S/C16H15N5S2/c22-14(23)9-21(15-17-10-5-1-2-6-11(10)18-15)16-19-12-7-3-4-8-13(12)20-16/h1-8,14,22-23H,9H2,(H,17,18)(H,19,20). The third-order valence-corrected chi connectivity index (χ3v) is 3.94. The second kappa shape index (κ2) is 5.82. The van der Waals surface area contributed by atoms with Crippen molar-refractivity contribution in [3.63, 3.8) is 0 Å². The van der Waals surface area contributed by atoms with Gasteiger partial charge in [-0.15, -0.1) is 0 Å². The summed E-state index contributed by atoms with van der Waals surface area (Å²) in [6.07, 6.45) is 0. The zero-order chi connectivity index (χ0) is 15.8. The molecule has 0 spiro atoms. The number of benzene rings is 2. The second-order valence-corrected chi connectivity index (χ2v) is 6.90. The molecule has 0 aliphatic carbocycles. The average molecular weight is 341 g/mol. The molecule has 7 heteroatoms. The first-order valence-corrected chi connectivity index (χ1v) is 8.27. The van der Waals surface area contributed by atoms with Crippen molar-refractivity contribution in [2.75, 3.05) is 11.4 Å². The molecule has 0 radical (unpaired) electrons. The molecule has 0 saturated carbocycles. The number of nitrogens with zero attached hydrogens (tertiary/aromatic N) is 3. The molecule has 2 aromatic heterocycles. The first kappa shape index (κ1) is 14.5. The van der Waals surface area contributed by atoms with Crippen LogP contribution in [0.1, 0.15) is 0 Å². The van der Waals surface area contributed by atoms with E-state index in [1.807, 2.05) is 53.4 Å². The van der Waals surface area contributed by atoms with Gasteiger partial charge in [0.15, 0.2) is 0 Å². The van der Waals surface area contributed by atoms with E-state index in [0.717, 1.165) is 34.0 Å². The molecule has 2 N–H and O–H groups in total. The Kier molecular flexibility index (Phi) is 3.66. The summed E-state index contributed by atoms with van der Waals surface area (Å²) >= 11 is 8.81. The van der Waals surface area contributed by atoms with Gasteiger partial charge in [0.1, 0.15) is 0 Å². The molecule has 0 atom stereocenters. The van der Waals surface area contributed by atoms with Crippen LogP contribution in [0.5, 0.6) is 0 Å². The van der Waals surface area contributed by atoms with Crippen LogP contribution in [-0.2, 0) is 0 Å². The van der Waals surface area contributed by atoms with Gasteiger partial charge in [0, 0.05) is 6.54 Å². The summed E-state index contributed by atoms with van der Waals surface area (Å²) in [4.78, 5) is 17.9. The molecule has 0 unspecified atom stereocenters. The van der Waals surface area contributed by atoms with Gasteiger partial charge < -0.3 is 9.97 Å². The summed E-state index contributed by atoms with van der Waals surface area (Å²) < 4.78 is -0.128. The van der Waals surface area contributed by atoms with E-state index in [4.69, 9.17) is 0 Å². The Morgan fingerprint density at radius 3 is 1.74 bits per heavy atom. The summed E-state index contributed by atoms with van der Waals surface area (Å²) in [5.41, 5.74) is 3.80. The van der Waals surface area contributed by atoms with Crippen LogP contribution >= 0.6 is 25.3 Å². The molecule has 23 heavy (non-hydrogen) atoms. The number of para-hydroxylation sites is 4. The lowest BCUT2D eigenvalue weighted by atomic mass is 10.3. The van der Waals surface area contributed by atoms with Gasteiger partial charge >= 0.3 is 0 Å². The molecule has 5 nitrogen and oxygen atoms in total. The van der Waals surface area contributed by atoms with Crippen molar-refractivity contribution >= 4 is 59.2 Å². The third-order valence-electron chi connectivity index (χ3n) is 3.61. The van der Waals surface area contributed by atoms with Crippen LogP contribution in [-0.4, -0.2) is 31.1 Å². The lowest BCUT2D eigenvalue weighted by Crippen LogP contribution is -2.25. The van der Waals surface area contributed by atoms with Crippen LogP contribution in [0.4, 0.5) is 11.9 Å². The minimum atomic E-state index is -0.128. The Balaban J connectivity index is 1.82. The third kappa shape index (κ3) is 2.77. The number of aromatic amines is 2. The van der Waals surface area contributed by atoms with Crippen molar-refractivity contribution in [2.45, 2.75) is 4.58 Å². The van der Waals surface area contributed by atoms with Crippen LogP contribution < -0.4 is 4.90 Å². The van der Waals surface area contributed by atoms with Gasteiger partial charge in [-0.1, -0.05) is 24.3 Å². The quantitative estimate of drug-likeness (QED) is 0.338. The predicted molar refractivity (Wildman–Crippen MR) is 101 cm³/mol. The monoisotopic (exact) mass is 341 g/mol. The zero-order valence-electron chi connectivity index (χ0n) is 12.1. The Morgan fingerprint density at radius 1 is 0.826 bits per heavy atom. The van der Waals surface area contributed by atoms with Crippen LogP contribution in [0.25, 0.3) is 22.1 Å². The maximum atomic E-state index is 4.66. The van der Waals surface area contributed by atoms with E-state index in [1.54, 1.807) is 0 Å². The van der Waals surface area contributed by atoms with Crippen molar-refractivity contribution in [1.29, 1.82) is 0 Å². The zero-order valence-corrected chi connectivity index (χ0v) is 13.9. The summed E-state index contributed by atoms with van der Waals surface area (Å²) in [5, 5.41) is 0. The number of rotatable bonds is 4. The second-order valence-electron chi connectivity index (χ2n) is 5.25. The van der Waals surface area contributed by atoms with Gasteiger partial charge in [0.05, 0.1) is 26.6 Å². The highest BCUT2D eigenvalue weighted by Crippen LogP contribution is 2.26. The molecule has 0 aliphatic heterocycles. The number of anilines is 2. The van der Waals surface area contributed by atoms with Crippen molar-refractivity contribution in [1.82, 2.24) is 19.9 Å². The topological polar surface area (TPSA) is 60.6 Å². The smallest absolute Gasteiger partial charge is 0.210 e. The fraction of sp³-hybridized carbons (Fsp3) is 0.125. The van der Waals surface area contributed by atoms with E-state index >= 15 is 0 Å². The summed E-state index contributed by atoms with van der Waals surface area (Å²) in [7, 11) is 0. The number of nitrogens with one attached hydrogen (secondary N) is 2. The molecule has 0 saturated heterocycles. The highest BCUT2D eigenvalue weighted by Gasteiger charge is 2.19. The number of hydrogen-bond donors (Lipinski definition) is 4. The van der Waals surface area contributed by atoms with Crippen LogP contribution in [0, 0.1) is 0 Å². The van der Waals surface area contributed by atoms with Crippen molar-refractivity contribution in [2.24, 2.45) is 0 Å². The molecule has 4 rings (SSSR count). The van der Waals surface area contributed by atoms with Gasteiger partial charge in [-0.25, -0.2) is 9.97 Å². The summed E-state index contributed by atoms with van der Waals surface area (Å²) in [6.45, 7) is 0.561. The lowest BCUT2D eigenvalue weighted by Gasteiger charge is -2.20. The van der Waals surface area contributed by atoms with Crippen molar-refractivity contribution in [3.8, 4) is 0 Å². The minimum Gasteiger partial charge on any atom is -0.324 e. The largest absolute Gasteiger partial charge is 0.324 e. The van der Waals surface area contributed by atoms with Crippen LogP contribution in [0.15, 0.2) is 48.5 Å². The van der Waals surface area contributed by atoms with Gasteiger partial charge in [-0.05, 0) is 24.3 Å². The molecule has 2 aromatic carbocycles. The molecule has 0 fully saturated rings. The molecular weight excluding hydrogens is 326 g/mol. The number of H-pyrrole nitrogens is 2. The maximum absolute atomic E-state index is 4.66. The lowest BCUT2D eigenvalue weighted by molar-refractivity contribution is 0.927. The minimum absolute atomic E-state index is 0.128. The number of thiol groups is 2. The molecule has 116 valence electrons. The molecular formula is C16H15N5S2. The summed E-state index contributed by atoms with van der Waals surface area (Å²) in [6, 6.07) is 15.9. The average Bonchev–Trinajstić information content (AvgIpc) is 3.15. The highest BCUT2D eigenvalue weighted by atomic mass is 32.2. The Morgan fingerprint density at radius 2 is 1.30 bits per heavy atom. The Hall–Kier alpha value is -2.12. The molecule has 0 aliphatic rings. The van der Waals surface area contributed by atoms with E-state index in [0.29, 0.717) is 6.54 Å². The molecule has 4 aromatic rings. The number of aromatic nitrogens is 4. The van der Waals surface area contributed by atoms with Crippen molar-refractivity contribution < 1.29 is 0 Å². The number of imidazole rings is 2. The van der Waals surface area contributed by atoms with Gasteiger partial charge in [0.2, 0.25) is 11.9 Å². The van der Waals surface area contributed by atoms with Crippen molar-refractivity contribution in [3.05, 3.63) is 48.5 Å². The first-order chi connectivity index (χ1) is 11.2. The molecule has 2 heterocycles. The first-order valence-electron chi connectivity index (χ1n) is 7.24. The number of fused-ring (bicyclic) bond motifs is 2. The normalized spacial score (nSPS) is 11.6. The summed E-state index contributed by atoms with van der Waals surface area (Å²) in [5.74, 6) is 1.44. The van der Waals surface area contributed by atoms with Crippen LogP contribution in [0.2, 0.25) is 0 Å². The number of hydrogen-bond acceptors (Lipinski definition) is 5. The maximum Gasteiger partial charge on any atom is 0.210 e. The SMILES string of the molecule is SC(S)CN(c1nc2ccccc2[nH]1)c1nc2ccccc2[nH]1. The van der Waals surface area contributed by atoms with Gasteiger partial charge in [-0.2, -0.15) is 25.3 Å². The molecule has 0 bridgehead atoms.